The van der Waals surface area contributed by atoms with Gasteiger partial charge in [-0.1, -0.05) is 25.0 Å². The summed E-state index contributed by atoms with van der Waals surface area (Å²) in [5.74, 6) is 1.49. The van der Waals surface area contributed by atoms with E-state index in [2.05, 4.69) is 13.0 Å². The van der Waals surface area contributed by atoms with Crippen molar-refractivity contribution in [1.82, 2.24) is 0 Å². The highest BCUT2D eigenvalue weighted by atomic mass is 16.1. The van der Waals surface area contributed by atoms with E-state index in [1.54, 1.807) is 5.57 Å². The fourth-order valence-corrected chi connectivity index (χ4v) is 2.29. The molecule has 2 atom stereocenters. The Morgan fingerprint density at radius 2 is 2.45 bits per heavy atom. The lowest BCUT2D eigenvalue weighted by atomic mass is 9.75. The van der Waals surface area contributed by atoms with Crippen molar-refractivity contribution < 1.29 is 4.79 Å². The molecule has 2 unspecified atom stereocenters. The van der Waals surface area contributed by atoms with Crippen LogP contribution < -0.4 is 0 Å². The zero-order valence-corrected chi connectivity index (χ0v) is 6.97. The Morgan fingerprint density at radius 1 is 1.64 bits per heavy atom. The fourth-order valence-electron chi connectivity index (χ4n) is 2.29. The molecule has 0 aromatic carbocycles. The predicted molar refractivity (Wildman–Crippen MR) is 44.2 cm³/mol. The molecule has 1 saturated carbocycles. The number of fused-ring (bicyclic) bond motifs is 1. The van der Waals surface area contributed by atoms with Crippen molar-refractivity contribution in [3.63, 3.8) is 0 Å². The molecule has 0 N–H and O–H groups in total. The van der Waals surface area contributed by atoms with Crippen molar-refractivity contribution in [3.05, 3.63) is 11.6 Å². The lowest BCUT2D eigenvalue weighted by molar-refractivity contribution is -0.120. The predicted octanol–water partition coefficient (Wildman–Crippen LogP) is 2.32. The third-order valence-corrected chi connectivity index (χ3v) is 2.92. The number of carbonyl (C=O) groups excluding carboxylic acids is 1. The molecule has 0 aliphatic heterocycles. The molecule has 0 saturated heterocycles. The molecule has 11 heavy (non-hydrogen) atoms. The molecule has 0 bridgehead atoms. The van der Waals surface area contributed by atoms with Crippen LogP contribution in [0.25, 0.3) is 0 Å². The maximum absolute atomic E-state index is 11.1. The molecular weight excluding hydrogens is 136 g/mol. The van der Waals surface area contributed by atoms with Crippen LogP contribution >= 0.6 is 0 Å². The normalized spacial score (nSPS) is 34.6. The molecule has 2 aliphatic carbocycles. The van der Waals surface area contributed by atoms with Gasteiger partial charge in [0.15, 0.2) is 0 Å². The summed E-state index contributed by atoms with van der Waals surface area (Å²) in [6.07, 6.45) is 6.61. The van der Waals surface area contributed by atoms with Gasteiger partial charge in [0.2, 0.25) is 0 Å². The van der Waals surface area contributed by atoms with Crippen LogP contribution in [0.2, 0.25) is 0 Å². The largest absolute Gasteiger partial charge is 0.299 e. The van der Waals surface area contributed by atoms with Gasteiger partial charge in [0, 0.05) is 12.3 Å². The van der Waals surface area contributed by atoms with E-state index in [1.807, 2.05) is 0 Å². The van der Waals surface area contributed by atoms with Gasteiger partial charge >= 0.3 is 0 Å². The van der Waals surface area contributed by atoms with Crippen molar-refractivity contribution in [3.8, 4) is 0 Å². The number of carbonyl (C=O) groups is 1. The Bertz CT molecular complexity index is 215. The highest BCUT2D eigenvalue weighted by Gasteiger charge is 2.41. The van der Waals surface area contributed by atoms with Gasteiger partial charge in [0.1, 0.15) is 5.78 Å². The summed E-state index contributed by atoms with van der Waals surface area (Å²) in [7, 11) is 0. The quantitative estimate of drug-likeness (QED) is 0.552. The van der Waals surface area contributed by atoms with E-state index < -0.39 is 0 Å². The minimum absolute atomic E-state index is 0.344. The number of rotatable bonds is 2. The Balaban J connectivity index is 2.04. The summed E-state index contributed by atoms with van der Waals surface area (Å²) in [5.41, 5.74) is 1.56. The van der Waals surface area contributed by atoms with E-state index in [1.165, 1.54) is 12.8 Å². The first kappa shape index (κ1) is 7.08. The summed E-state index contributed by atoms with van der Waals surface area (Å²) in [5, 5.41) is 0. The van der Waals surface area contributed by atoms with Gasteiger partial charge in [-0.2, -0.15) is 0 Å². The van der Waals surface area contributed by atoms with Crippen molar-refractivity contribution >= 4 is 5.78 Å². The summed E-state index contributed by atoms with van der Waals surface area (Å²) in [6.45, 7) is 2.20. The molecule has 0 radical (unpaired) electrons. The summed E-state index contributed by atoms with van der Waals surface area (Å²) >= 11 is 0. The van der Waals surface area contributed by atoms with E-state index in [0.29, 0.717) is 17.6 Å². The van der Waals surface area contributed by atoms with Crippen LogP contribution in [-0.4, -0.2) is 5.78 Å². The monoisotopic (exact) mass is 150 g/mol. The molecule has 0 amide bonds. The zero-order chi connectivity index (χ0) is 7.84. The molecule has 60 valence electrons. The molecule has 0 aromatic heterocycles. The van der Waals surface area contributed by atoms with Gasteiger partial charge in [0.05, 0.1) is 0 Å². The Labute approximate surface area is 67.5 Å². The first-order valence-electron chi connectivity index (χ1n) is 4.56. The number of hydrogen-bond acceptors (Lipinski definition) is 1. The molecule has 0 aromatic rings. The van der Waals surface area contributed by atoms with E-state index in [0.717, 1.165) is 12.8 Å². The molecule has 1 nitrogen and oxygen atoms in total. The van der Waals surface area contributed by atoms with Gasteiger partial charge in [-0.15, -0.1) is 0 Å². The van der Waals surface area contributed by atoms with Gasteiger partial charge < -0.3 is 0 Å². The highest BCUT2D eigenvalue weighted by Crippen LogP contribution is 2.45. The van der Waals surface area contributed by atoms with Crippen molar-refractivity contribution in [2.75, 3.05) is 0 Å². The van der Waals surface area contributed by atoms with Crippen LogP contribution in [0, 0.1) is 11.8 Å². The smallest absolute Gasteiger partial charge is 0.140 e. The zero-order valence-electron chi connectivity index (χ0n) is 6.97. The van der Waals surface area contributed by atoms with Crippen LogP contribution in [0.5, 0.6) is 0 Å². The Morgan fingerprint density at radius 3 is 3.09 bits per heavy atom. The average Bonchev–Trinajstić information content (AvgIpc) is 2.22. The van der Waals surface area contributed by atoms with Crippen LogP contribution in [0.3, 0.4) is 0 Å². The van der Waals surface area contributed by atoms with Gasteiger partial charge in [-0.25, -0.2) is 0 Å². The van der Waals surface area contributed by atoms with Gasteiger partial charge in [-0.05, 0) is 18.8 Å². The summed E-state index contributed by atoms with van der Waals surface area (Å²) in [6, 6.07) is 0. The Hall–Kier alpha value is -0.590. The number of Topliss-reactive ketones (excluding diaryl/α,β-unsaturated/α-hetero) is 1. The van der Waals surface area contributed by atoms with Crippen LogP contribution in [-0.2, 0) is 4.79 Å². The topological polar surface area (TPSA) is 17.1 Å². The van der Waals surface area contributed by atoms with Gasteiger partial charge in [-0.3, -0.25) is 4.79 Å². The first-order chi connectivity index (χ1) is 5.33. The standard InChI is InChI=1S/C10H14O/c1-2-3-7-6-9-8(7)4-5-10(9)11/h6,8-9H,2-5H2,1H3. The highest BCUT2D eigenvalue weighted by molar-refractivity contribution is 5.87. The van der Waals surface area contributed by atoms with E-state index in [-0.39, 0.29) is 0 Å². The minimum Gasteiger partial charge on any atom is -0.299 e. The van der Waals surface area contributed by atoms with Crippen molar-refractivity contribution in [2.24, 2.45) is 11.8 Å². The molecule has 2 aliphatic rings. The lowest BCUT2D eigenvalue weighted by Gasteiger charge is -2.29. The fraction of sp³-hybridized carbons (Fsp3) is 0.700. The lowest BCUT2D eigenvalue weighted by Crippen LogP contribution is -2.23. The molecule has 0 spiro atoms. The maximum atomic E-state index is 11.1. The van der Waals surface area contributed by atoms with Crippen molar-refractivity contribution in [1.29, 1.82) is 0 Å². The molecule has 1 heteroatoms. The maximum Gasteiger partial charge on any atom is 0.140 e. The second-order valence-corrected chi connectivity index (χ2v) is 3.63. The molecule has 1 fully saturated rings. The van der Waals surface area contributed by atoms with E-state index >= 15 is 0 Å². The van der Waals surface area contributed by atoms with E-state index in [9.17, 15) is 4.79 Å². The molecule has 2 rings (SSSR count). The minimum atomic E-state index is 0.344. The average molecular weight is 150 g/mol. The van der Waals surface area contributed by atoms with Crippen molar-refractivity contribution in [2.45, 2.75) is 32.6 Å². The second kappa shape index (κ2) is 2.47. The van der Waals surface area contributed by atoms with Crippen LogP contribution in [0.15, 0.2) is 11.6 Å². The Kier molecular flexibility index (Phi) is 1.59. The third-order valence-electron chi connectivity index (χ3n) is 2.92. The molecular formula is C10H14O. The summed E-state index contributed by atoms with van der Waals surface area (Å²) in [4.78, 5) is 11.1. The second-order valence-electron chi connectivity index (χ2n) is 3.63. The number of hydrogen-bond donors (Lipinski definition) is 0. The van der Waals surface area contributed by atoms with Crippen LogP contribution in [0.4, 0.5) is 0 Å². The van der Waals surface area contributed by atoms with Gasteiger partial charge in [0.25, 0.3) is 0 Å². The van der Waals surface area contributed by atoms with E-state index in [4.69, 9.17) is 0 Å². The SMILES string of the molecule is CCCC1=CC2C(=O)CCC12. The number of allylic oxidation sites excluding steroid dienone is 2. The summed E-state index contributed by atoms with van der Waals surface area (Å²) < 4.78 is 0. The first-order valence-corrected chi connectivity index (χ1v) is 4.56. The van der Waals surface area contributed by atoms with Crippen LogP contribution in [0.1, 0.15) is 32.6 Å². The third kappa shape index (κ3) is 0.943. The number of ketones is 1. The molecule has 0 heterocycles.